The lowest BCUT2D eigenvalue weighted by Gasteiger charge is -2.26. The van der Waals surface area contributed by atoms with Crippen LogP contribution in [0.5, 0.6) is 0 Å². The molecule has 2 aliphatic rings. The highest BCUT2D eigenvalue weighted by Crippen LogP contribution is 2.57. The second-order valence-corrected chi connectivity index (χ2v) is 12.3. The summed E-state index contributed by atoms with van der Waals surface area (Å²) < 4.78 is 68.1. The Bertz CT molecular complexity index is 1760. The van der Waals surface area contributed by atoms with Crippen molar-refractivity contribution in [3.05, 3.63) is 29.3 Å². The molecule has 2 fully saturated rings. The number of imidazole rings is 2. The number of anilines is 2. The van der Waals surface area contributed by atoms with Crippen molar-refractivity contribution in [3.63, 3.8) is 0 Å². The quantitative estimate of drug-likeness (QED) is 0.102. The first-order valence-electron chi connectivity index (χ1n) is 12.1. The first-order valence-corrected chi connectivity index (χ1v) is 14.8. The molecule has 226 valence electrons. The van der Waals surface area contributed by atoms with E-state index in [9.17, 15) is 19.6 Å². The fourth-order valence-corrected chi connectivity index (χ4v) is 6.27. The molecule has 0 aliphatic carbocycles. The largest absolute Gasteiger partial charge is 0.394 e. The van der Waals surface area contributed by atoms with Crippen molar-refractivity contribution < 1.29 is 42.1 Å². The van der Waals surface area contributed by atoms with Gasteiger partial charge >= 0.3 is 6.80 Å². The van der Waals surface area contributed by atoms with E-state index in [1.165, 1.54) is 0 Å². The van der Waals surface area contributed by atoms with Gasteiger partial charge in [-0.2, -0.15) is 4.98 Å². The molecular formula is C20H23F2N10O8PS. The average Bonchev–Trinajstić information content (AvgIpc) is 3.70. The Labute approximate surface area is 237 Å². The number of nitrogen functional groups attached to an aromatic ring is 2. The van der Waals surface area contributed by atoms with Crippen LogP contribution in [0.2, 0.25) is 0 Å². The van der Waals surface area contributed by atoms with Gasteiger partial charge in [0.05, 0.1) is 25.9 Å². The summed E-state index contributed by atoms with van der Waals surface area (Å²) >= 11 is 3.90. The highest BCUT2D eigenvalue weighted by Gasteiger charge is 2.54. The van der Waals surface area contributed by atoms with Crippen molar-refractivity contribution in [1.82, 2.24) is 39.0 Å². The van der Waals surface area contributed by atoms with E-state index in [4.69, 9.17) is 30.0 Å². The maximum Gasteiger partial charge on any atom is 0.386 e. The number of nitrogens with two attached hydrogens (primary N) is 2. The highest BCUT2D eigenvalue weighted by molar-refractivity contribution is 8.44. The molecule has 0 spiro atoms. The van der Waals surface area contributed by atoms with Crippen LogP contribution in [0.15, 0.2) is 23.8 Å². The summed E-state index contributed by atoms with van der Waals surface area (Å²) in [5.74, 6) is -2.83. The zero-order valence-electron chi connectivity index (χ0n) is 21.1. The molecule has 22 heteroatoms. The highest BCUT2D eigenvalue weighted by atomic mass is 32.7. The number of aliphatic hydroxyl groups is 2. The van der Waals surface area contributed by atoms with Crippen LogP contribution in [0, 0.1) is 0 Å². The molecule has 4 aromatic heterocycles. The molecule has 2 saturated heterocycles. The number of hydrogen-bond donors (Lipinski definition) is 6. The van der Waals surface area contributed by atoms with Crippen LogP contribution in [-0.4, -0.2) is 99.7 Å². The van der Waals surface area contributed by atoms with Gasteiger partial charge in [-0.05, 0) is 0 Å². The molecule has 6 heterocycles. The summed E-state index contributed by atoms with van der Waals surface area (Å²) in [6.07, 6.45) is -6.63. The second-order valence-electron chi connectivity index (χ2n) is 9.46. The standard InChI is InChI=1S/C20H23F2N10O8PS/c21-9-7(1-33)39-18(31-5-27-11-16(31)29-19(24)30-17(11)35)12(9)40-41(36,42)38-2-8-13(34)20(22,3-37-8)32-6-28-10-14(23)25-4-26-15(10)32/h4-9,12-13,18,33-34H,1-3H2,(H,36,42)(H2,23,25,26)(H3,24,29,30,35)/t7-,8-,9-,12+,13-,18-,20-,41?/m1/s1. The van der Waals surface area contributed by atoms with Crippen molar-refractivity contribution in [2.24, 2.45) is 0 Å². The summed E-state index contributed by atoms with van der Waals surface area (Å²) in [5, 5.41) is 20.4. The number of aromatic amines is 1. The van der Waals surface area contributed by atoms with Gasteiger partial charge in [-0.1, -0.05) is 12.2 Å². The smallest absolute Gasteiger partial charge is 0.386 e. The van der Waals surface area contributed by atoms with E-state index in [1.807, 2.05) is 0 Å². The lowest BCUT2D eigenvalue weighted by molar-refractivity contribution is -0.0513. The SMILES string of the molecule is Nc1nc2c(ncn2[C@@H]2O[C@H](CO)[C@@H](F)[C@@H]2OP(=O)(S)OC[C@H]2OC[C@@](F)(n3cnc4c(N)ncnc43)[C@@H]2O)c(=O)[nH]1. The molecule has 0 aromatic carbocycles. The van der Waals surface area contributed by atoms with Gasteiger partial charge in [0, 0.05) is 0 Å². The Balaban J connectivity index is 1.19. The third-order valence-corrected chi connectivity index (χ3v) is 8.51. The van der Waals surface area contributed by atoms with Crippen molar-refractivity contribution in [2.75, 3.05) is 31.3 Å². The summed E-state index contributed by atoms with van der Waals surface area (Å²) in [6, 6.07) is 0. The van der Waals surface area contributed by atoms with Crippen LogP contribution < -0.4 is 17.0 Å². The molecule has 0 radical (unpaired) electrons. The molecule has 42 heavy (non-hydrogen) atoms. The zero-order chi connectivity index (χ0) is 30.0. The zero-order valence-corrected chi connectivity index (χ0v) is 22.9. The number of ether oxygens (including phenoxy) is 2. The number of fused-ring (bicyclic) bond motifs is 2. The van der Waals surface area contributed by atoms with Gasteiger partial charge in [0.15, 0.2) is 35.0 Å². The third kappa shape index (κ3) is 4.71. The fraction of sp³-hybridized carbons (Fsp3) is 0.500. The number of thiol groups is 1. The monoisotopic (exact) mass is 632 g/mol. The number of halogens is 2. The first kappa shape index (κ1) is 28.8. The minimum absolute atomic E-state index is 0.00217. The molecule has 4 aromatic rings. The Morgan fingerprint density at radius 2 is 1.98 bits per heavy atom. The van der Waals surface area contributed by atoms with E-state index in [0.29, 0.717) is 0 Å². The summed E-state index contributed by atoms with van der Waals surface area (Å²) in [4.78, 5) is 34.1. The molecule has 0 bridgehead atoms. The fourth-order valence-electron chi connectivity index (χ4n) is 4.82. The molecule has 7 N–H and O–H groups in total. The number of H-pyrrole nitrogens is 1. The predicted octanol–water partition coefficient (Wildman–Crippen LogP) is -0.827. The molecule has 2 aliphatic heterocycles. The Morgan fingerprint density at radius 1 is 1.21 bits per heavy atom. The number of nitrogens with one attached hydrogen (secondary N) is 1. The molecule has 0 saturated carbocycles. The predicted molar refractivity (Wildman–Crippen MR) is 140 cm³/mol. The van der Waals surface area contributed by atoms with Crippen LogP contribution in [-0.2, 0) is 28.9 Å². The van der Waals surface area contributed by atoms with Gasteiger partial charge in [0.1, 0.15) is 42.9 Å². The summed E-state index contributed by atoms with van der Waals surface area (Å²) in [7, 11) is 0. The van der Waals surface area contributed by atoms with Crippen molar-refractivity contribution in [2.45, 2.75) is 42.6 Å². The Morgan fingerprint density at radius 3 is 2.74 bits per heavy atom. The van der Waals surface area contributed by atoms with Crippen LogP contribution in [0.3, 0.4) is 0 Å². The molecule has 6 rings (SSSR count). The summed E-state index contributed by atoms with van der Waals surface area (Å²) in [5.41, 5.74) is 10.5. The van der Waals surface area contributed by atoms with Gasteiger partial charge < -0.3 is 31.2 Å². The number of nitrogens with zero attached hydrogens (tertiary/aromatic N) is 7. The first-order chi connectivity index (χ1) is 19.9. The normalized spacial score (nSPS) is 31.3. The van der Waals surface area contributed by atoms with E-state index in [2.05, 4.69) is 42.2 Å². The lowest BCUT2D eigenvalue weighted by atomic mass is 10.1. The van der Waals surface area contributed by atoms with Crippen molar-refractivity contribution in [1.29, 1.82) is 0 Å². The second kappa shape index (κ2) is 10.5. The van der Waals surface area contributed by atoms with E-state index < -0.39 is 74.8 Å². The summed E-state index contributed by atoms with van der Waals surface area (Å²) in [6.45, 7) is -6.63. The Kier molecular flexibility index (Phi) is 7.17. The van der Waals surface area contributed by atoms with Crippen LogP contribution in [0.4, 0.5) is 20.5 Å². The maximum atomic E-state index is 16.0. The van der Waals surface area contributed by atoms with Gasteiger partial charge in [0.25, 0.3) is 5.56 Å². The molecule has 8 atom stereocenters. The van der Waals surface area contributed by atoms with Gasteiger partial charge in [-0.3, -0.25) is 28.0 Å². The number of aromatic nitrogens is 8. The van der Waals surface area contributed by atoms with E-state index in [1.54, 1.807) is 0 Å². The van der Waals surface area contributed by atoms with Crippen LogP contribution in [0.1, 0.15) is 6.23 Å². The van der Waals surface area contributed by atoms with Crippen LogP contribution in [0.25, 0.3) is 22.3 Å². The number of hydrogen-bond acceptors (Lipinski definition) is 15. The molecule has 1 unspecified atom stereocenters. The minimum Gasteiger partial charge on any atom is -0.394 e. The maximum absolute atomic E-state index is 16.0. The number of aliphatic hydroxyl groups excluding tert-OH is 2. The molecular weight excluding hydrogens is 609 g/mol. The van der Waals surface area contributed by atoms with Gasteiger partial charge in [-0.25, -0.2) is 33.3 Å². The van der Waals surface area contributed by atoms with Crippen molar-refractivity contribution >= 4 is 53.1 Å². The minimum atomic E-state index is -4.48. The number of alkyl halides is 2. The Hall–Kier alpha value is -3.30. The van der Waals surface area contributed by atoms with E-state index in [-0.39, 0.29) is 34.1 Å². The average molecular weight is 633 g/mol. The van der Waals surface area contributed by atoms with Crippen molar-refractivity contribution in [3.8, 4) is 0 Å². The van der Waals surface area contributed by atoms with Gasteiger partial charge in [0.2, 0.25) is 11.7 Å². The molecule has 0 amide bonds. The van der Waals surface area contributed by atoms with Gasteiger partial charge in [-0.15, -0.1) is 0 Å². The number of rotatable bonds is 8. The van der Waals surface area contributed by atoms with Crippen LogP contribution >= 0.6 is 19.0 Å². The van der Waals surface area contributed by atoms with E-state index in [0.717, 1.165) is 28.1 Å². The lowest BCUT2D eigenvalue weighted by Crippen LogP contribution is -2.43. The topological polar surface area (TPSA) is 254 Å². The van der Waals surface area contributed by atoms with E-state index >= 15 is 8.78 Å². The third-order valence-electron chi connectivity index (χ3n) is 6.89. The molecule has 18 nitrogen and oxygen atoms in total.